The van der Waals surface area contributed by atoms with Crippen molar-refractivity contribution < 1.29 is 28.7 Å². The Labute approximate surface area is 463 Å². The summed E-state index contributed by atoms with van der Waals surface area (Å²) in [5, 5.41) is 10.2. The van der Waals surface area contributed by atoms with Crippen LogP contribution >= 0.6 is 11.6 Å². The molecule has 410 valence electrons. The first kappa shape index (κ1) is 57.5. The minimum atomic E-state index is -0.0670. The number of amides is 5. The van der Waals surface area contributed by atoms with E-state index in [0.717, 1.165) is 52.7 Å². The molecular weight excluding hydrogens is 1000 g/mol. The Balaban J connectivity index is 0.000000142. The summed E-state index contributed by atoms with van der Waals surface area (Å²) in [4.78, 5) is 57.7. The average molecular weight is 1080 g/mol. The van der Waals surface area contributed by atoms with Crippen molar-refractivity contribution in [3.05, 3.63) is 180 Å². The Hall–Kier alpha value is -8.24. The minimum Gasteiger partial charge on any atom is -0.497 e. The average Bonchev–Trinajstić information content (AvgIpc) is 4.27. The molecule has 0 radical (unpaired) electrons. The van der Waals surface area contributed by atoms with Crippen molar-refractivity contribution in [2.24, 2.45) is 35.5 Å². The topological polar surface area (TPSA) is 171 Å². The van der Waals surface area contributed by atoms with E-state index in [2.05, 4.69) is 60.0 Å². The standard InChI is InChI=1S/C16H16N2O.C13H18N2O.C11H14N2O2.C11H14N2O.C10H11ClN2O/c1-12-15(13-8-4-2-5-9-13)18(17-16(12)19)14-10-6-3-7-11-14;1-10(2)8-11-9-15(14-13(11)16)12-6-4-3-5-7-12;1-8-7-13(12-11(8)14)9-3-5-10(15-2)6-4-9;1-8-9(2)13(12-11(8)14)10-6-4-3-5-7-10;1-7-6-13(12-10(7)14)9-4-2-8(11)3-5-9/h2-12,15H,1H3,(H,17,19);3-7,10-11H,8-9H2,1-2H3,(H,14,16);3-6,8H,7H2,1-2H3,(H,12,14);3-9H,1-2H3,(H,12,14);2-5,7H,6H2,1H3,(H,12,14). The van der Waals surface area contributed by atoms with Gasteiger partial charge in [-0.15, -0.1) is 0 Å². The van der Waals surface area contributed by atoms with Crippen LogP contribution in [0.15, 0.2) is 170 Å². The molecule has 0 saturated carbocycles. The van der Waals surface area contributed by atoms with E-state index in [-0.39, 0.29) is 71.2 Å². The molecule has 0 bridgehead atoms. The summed E-state index contributed by atoms with van der Waals surface area (Å²) in [5.74, 6) is 2.04. The molecule has 5 aliphatic rings. The quantitative estimate of drug-likeness (QED) is 0.0934. The molecule has 0 aromatic heterocycles. The van der Waals surface area contributed by atoms with Gasteiger partial charge in [0, 0.05) is 5.02 Å². The highest BCUT2D eigenvalue weighted by Crippen LogP contribution is 2.36. The first-order valence-electron chi connectivity index (χ1n) is 26.5. The summed E-state index contributed by atoms with van der Waals surface area (Å²) in [7, 11) is 1.63. The van der Waals surface area contributed by atoms with Gasteiger partial charge in [-0.2, -0.15) is 0 Å². The van der Waals surface area contributed by atoms with E-state index in [1.807, 2.05) is 210 Å². The lowest BCUT2D eigenvalue weighted by Gasteiger charge is -2.27. The zero-order valence-corrected chi connectivity index (χ0v) is 46.4. The maximum Gasteiger partial charge on any atom is 0.243 e. The first-order chi connectivity index (χ1) is 37.5. The maximum absolute atomic E-state index is 12.0. The van der Waals surface area contributed by atoms with Crippen LogP contribution in [0.5, 0.6) is 5.75 Å². The lowest BCUT2D eigenvalue weighted by Crippen LogP contribution is -2.37. The van der Waals surface area contributed by atoms with Gasteiger partial charge in [0.1, 0.15) is 5.75 Å². The summed E-state index contributed by atoms with van der Waals surface area (Å²) < 4.78 is 5.07. The molecule has 5 amide bonds. The zero-order valence-electron chi connectivity index (χ0n) is 45.7. The Morgan fingerprint density at radius 2 is 0.859 bits per heavy atom. The van der Waals surface area contributed by atoms with E-state index in [4.69, 9.17) is 16.3 Å². The summed E-state index contributed by atoms with van der Waals surface area (Å²) >= 11 is 5.77. The molecule has 78 heavy (non-hydrogen) atoms. The summed E-state index contributed by atoms with van der Waals surface area (Å²) in [5.41, 5.74) is 20.5. The third kappa shape index (κ3) is 15.0. The van der Waals surface area contributed by atoms with Crippen LogP contribution in [0.2, 0.25) is 5.02 Å². The van der Waals surface area contributed by atoms with Gasteiger partial charge in [0.25, 0.3) is 0 Å². The predicted octanol–water partition coefficient (Wildman–Crippen LogP) is 9.69. The van der Waals surface area contributed by atoms with Crippen LogP contribution in [0.4, 0.5) is 28.4 Å². The Kier molecular flexibility index (Phi) is 20.0. The number of benzene rings is 6. The van der Waals surface area contributed by atoms with Crippen LogP contribution in [0.3, 0.4) is 0 Å². The van der Waals surface area contributed by atoms with Gasteiger partial charge in [-0.05, 0) is 110 Å². The molecule has 0 spiro atoms. The number of ether oxygens (including phenoxy) is 1. The van der Waals surface area contributed by atoms with Crippen molar-refractivity contribution in [3.63, 3.8) is 0 Å². The lowest BCUT2D eigenvalue weighted by molar-refractivity contribution is -0.123. The number of hydrogen-bond acceptors (Lipinski definition) is 11. The maximum atomic E-state index is 12.0. The molecule has 0 aliphatic carbocycles. The van der Waals surface area contributed by atoms with Crippen molar-refractivity contribution in [2.75, 3.05) is 51.8 Å². The fraction of sp³-hybridized carbons (Fsp3) is 0.328. The molecular formula is C61H73ClN10O6. The number of halogens is 1. The van der Waals surface area contributed by atoms with Gasteiger partial charge >= 0.3 is 0 Å². The van der Waals surface area contributed by atoms with Gasteiger partial charge in [-0.25, -0.2) is 0 Å². The Morgan fingerprint density at radius 1 is 0.462 bits per heavy atom. The number of methoxy groups -OCH3 is 1. The SMILES string of the molecule is CC(C)CC1CN(c2ccccc2)NC1=O.CC1C(=O)NN(c2ccccc2)C1C.CC1C(=O)NN(c2ccccc2)C1c1ccccc1.CC1CN(c2ccc(Cl)cc2)NC1=O.COc1ccc(N2CC(C)C(=O)N2)cc1. The van der Waals surface area contributed by atoms with Gasteiger partial charge in [0.15, 0.2) is 0 Å². The van der Waals surface area contributed by atoms with Crippen LogP contribution in [0.1, 0.15) is 66.5 Å². The van der Waals surface area contributed by atoms with Crippen molar-refractivity contribution >= 4 is 69.6 Å². The van der Waals surface area contributed by atoms with Gasteiger partial charge in [-0.3, -0.25) is 76.1 Å². The van der Waals surface area contributed by atoms with E-state index < -0.39 is 0 Å². The summed E-state index contributed by atoms with van der Waals surface area (Å²) in [6.45, 7) is 16.3. The molecule has 5 aliphatic heterocycles. The van der Waals surface area contributed by atoms with E-state index in [1.54, 1.807) is 7.11 Å². The summed E-state index contributed by atoms with van der Waals surface area (Å²) in [6.07, 6.45) is 0.954. The van der Waals surface area contributed by atoms with Gasteiger partial charge in [0.2, 0.25) is 29.5 Å². The van der Waals surface area contributed by atoms with Crippen LogP contribution in [0, 0.1) is 35.5 Å². The van der Waals surface area contributed by atoms with Gasteiger partial charge in [-0.1, -0.05) is 138 Å². The smallest absolute Gasteiger partial charge is 0.243 e. The predicted molar refractivity (Wildman–Crippen MR) is 310 cm³/mol. The first-order valence-corrected chi connectivity index (χ1v) is 26.9. The number of rotatable bonds is 9. The molecule has 7 atom stereocenters. The Bertz CT molecular complexity index is 2890. The number of anilines is 5. The second-order valence-corrected chi connectivity index (χ2v) is 20.9. The number of hydrogen-bond donors (Lipinski definition) is 5. The van der Waals surface area contributed by atoms with Crippen molar-refractivity contribution in [1.29, 1.82) is 0 Å². The highest BCUT2D eigenvalue weighted by Gasteiger charge is 2.39. The largest absolute Gasteiger partial charge is 0.497 e. The number of para-hydroxylation sites is 3. The lowest BCUT2D eigenvalue weighted by atomic mass is 9.95. The highest BCUT2D eigenvalue weighted by atomic mass is 35.5. The van der Waals surface area contributed by atoms with Gasteiger partial charge in [0.05, 0.1) is 96.9 Å². The third-order valence-corrected chi connectivity index (χ3v) is 14.3. The molecule has 6 aromatic carbocycles. The molecule has 5 fully saturated rings. The second kappa shape index (κ2) is 27.2. The number of nitrogens with one attached hydrogen (secondary N) is 5. The van der Waals surface area contributed by atoms with Crippen molar-refractivity contribution in [1.82, 2.24) is 27.1 Å². The van der Waals surface area contributed by atoms with E-state index >= 15 is 0 Å². The van der Waals surface area contributed by atoms with E-state index in [1.165, 1.54) is 0 Å². The Morgan fingerprint density at radius 3 is 1.29 bits per heavy atom. The highest BCUT2D eigenvalue weighted by molar-refractivity contribution is 6.30. The van der Waals surface area contributed by atoms with Crippen LogP contribution in [-0.4, -0.2) is 62.3 Å². The number of carbonyl (C=O) groups is 5. The molecule has 11 rings (SSSR count). The molecule has 5 N–H and O–H groups in total. The van der Waals surface area contributed by atoms with E-state index in [9.17, 15) is 24.0 Å². The van der Waals surface area contributed by atoms with Crippen LogP contribution < -0.4 is 56.9 Å². The third-order valence-electron chi connectivity index (χ3n) is 14.0. The van der Waals surface area contributed by atoms with Crippen LogP contribution in [0.25, 0.3) is 0 Å². The molecule has 17 heteroatoms. The van der Waals surface area contributed by atoms with Crippen molar-refractivity contribution in [3.8, 4) is 5.75 Å². The number of hydrazine groups is 5. The number of carbonyl (C=O) groups excluding carboxylic acids is 5. The second-order valence-electron chi connectivity index (χ2n) is 20.4. The fourth-order valence-electron chi connectivity index (χ4n) is 9.33. The minimum absolute atomic E-state index is 0.0381. The number of nitrogens with zero attached hydrogens (tertiary/aromatic N) is 5. The molecule has 5 heterocycles. The van der Waals surface area contributed by atoms with Crippen molar-refractivity contribution in [2.45, 2.75) is 67.0 Å². The molecule has 5 saturated heterocycles. The summed E-state index contributed by atoms with van der Waals surface area (Å²) in [6, 6.07) is 55.2. The molecule has 6 aromatic rings. The normalized spacial score (nSPS) is 22.1. The molecule has 7 unspecified atom stereocenters. The fourth-order valence-corrected chi connectivity index (χ4v) is 9.45. The van der Waals surface area contributed by atoms with E-state index in [0.29, 0.717) is 24.0 Å². The molecule has 16 nitrogen and oxygen atoms in total. The van der Waals surface area contributed by atoms with Gasteiger partial charge < -0.3 is 4.74 Å². The zero-order chi connectivity index (χ0) is 55.9. The monoisotopic (exact) mass is 1080 g/mol. The van der Waals surface area contributed by atoms with Crippen LogP contribution in [-0.2, 0) is 24.0 Å².